The molecule has 0 aliphatic carbocycles. The lowest BCUT2D eigenvalue weighted by Crippen LogP contribution is -2.15. The first-order chi connectivity index (χ1) is 9.34. The molecule has 7 heteroatoms. The van der Waals surface area contributed by atoms with Gasteiger partial charge in [-0.3, -0.25) is 0 Å². The molecule has 0 bridgehead atoms. The highest BCUT2D eigenvalue weighted by molar-refractivity contribution is 9.10. The Morgan fingerprint density at radius 1 is 1.40 bits per heavy atom. The molecule has 1 aromatic heterocycles. The summed E-state index contributed by atoms with van der Waals surface area (Å²) in [5.41, 5.74) is -1.08. The fourth-order valence-electron chi connectivity index (χ4n) is 1.99. The van der Waals surface area contributed by atoms with Crippen LogP contribution in [0, 0.1) is 0 Å². The summed E-state index contributed by atoms with van der Waals surface area (Å²) < 4.78 is 41.1. The summed E-state index contributed by atoms with van der Waals surface area (Å²) in [6, 6.07) is 3.68. The van der Waals surface area contributed by atoms with Crippen LogP contribution in [-0.4, -0.2) is 14.7 Å². The van der Waals surface area contributed by atoms with E-state index < -0.39 is 17.8 Å². The summed E-state index contributed by atoms with van der Waals surface area (Å²) in [6.45, 7) is 2.34. The third kappa shape index (κ3) is 2.88. The molecule has 108 valence electrons. The van der Waals surface area contributed by atoms with Gasteiger partial charge in [0.2, 0.25) is 0 Å². The van der Waals surface area contributed by atoms with Crippen molar-refractivity contribution >= 4 is 15.9 Å². The third-order valence-electron chi connectivity index (χ3n) is 2.95. The fraction of sp³-hybridized carbons (Fsp3) is 0.308. The first kappa shape index (κ1) is 15.1. The summed E-state index contributed by atoms with van der Waals surface area (Å²) in [7, 11) is 0. The lowest BCUT2D eigenvalue weighted by molar-refractivity contribution is -0.139. The topological polar surface area (TPSA) is 38.0 Å². The van der Waals surface area contributed by atoms with Crippen molar-refractivity contribution in [1.82, 2.24) is 9.55 Å². The summed E-state index contributed by atoms with van der Waals surface area (Å²) >= 11 is 3.01. The number of hydrogen-bond acceptors (Lipinski definition) is 2. The number of rotatable bonds is 3. The molecule has 2 aromatic rings. The van der Waals surface area contributed by atoms with Crippen molar-refractivity contribution in [2.45, 2.75) is 25.7 Å². The number of aryl methyl sites for hydroxylation is 1. The van der Waals surface area contributed by atoms with E-state index in [4.69, 9.17) is 0 Å². The van der Waals surface area contributed by atoms with Crippen molar-refractivity contribution in [1.29, 1.82) is 0 Å². The van der Waals surface area contributed by atoms with E-state index in [-0.39, 0.29) is 11.4 Å². The van der Waals surface area contributed by atoms with Gasteiger partial charge in [0.1, 0.15) is 11.9 Å². The van der Waals surface area contributed by atoms with Crippen LogP contribution in [0.4, 0.5) is 13.2 Å². The molecule has 1 heterocycles. The van der Waals surface area contributed by atoms with Crippen molar-refractivity contribution in [2.75, 3.05) is 0 Å². The Kier molecular flexibility index (Phi) is 4.19. The minimum Gasteiger partial charge on any atom is -0.380 e. The predicted octanol–water partition coefficient (Wildman–Crippen LogP) is 3.77. The average molecular weight is 349 g/mol. The molecule has 1 aromatic carbocycles. The molecule has 1 atom stereocenters. The number of benzene rings is 1. The zero-order valence-electron chi connectivity index (χ0n) is 10.5. The molecule has 0 radical (unpaired) electrons. The Hall–Kier alpha value is -1.34. The molecule has 0 aliphatic heterocycles. The van der Waals surface area contributed by atoms with Gasteiger partial charge >= 0.3 is 6.18 Å². The normalized spacial score (nSPS) is 13.5. The molecular weight excluding hydrogens is 337 g/mol. The van der Waals surface area contributed by atoms with Crippen LogP contribution in [0.1, 0.15) is 30.0 Å². The molecule has 0 aliphatic rings. The Bertz CT molecular complexity index is 610. The number of halogens is 4. The molecule has 0 saturated carbocycles. The quantitative estimate of drug-likeness (QED) is 0.916. The lowest BCUT2D eigenvalue weighted by Gasteiger charge is -2.18. The van der Waals surface area contributed by atoms with Gasteiger partial charge in [-0.2, -0.15) is 13.2 Å². The number of aliphatic hydroxyl groups is 1. The third-order valence-corrected chi connectivity index (χ3v) is 3.44. The molecule has 0 fully saturated rings. The predicted molar refractivity (Wildman–Crippen MR) is 71.1 cm³/mol. The van der Waals surface area contributed by atoms with Crippen LogP contribution < -0.4 is 0 Å². The SMILES string of the molecule is CCn1ccnc1C(O)c1ccc(Br)cc1C(F)(F)F. The largest absolute Gasteiger partial charge is 0.416 e. The minimum absolute atomic E-state index is 0.195. The van der Waals surface area contributed by atoms with E-state index in [0.717, 1.165) is 6.07 Å². The lowest BCUT2D eigenvalue weighted by atomic mass is 10.0. The molecule has 0 saturated heterocycles. The van der Waals surface area contributed by atoms with E-state index in [2.05, 4.69) is 20.9 Å². The Balaban J connectivity index is 2.52. The minimum atomic E-state index is -4.54. The monoisotopic (exact) mass is 348 g/mol. The highest BCUT2D eigenvalue weighted by atomic mass is 79.9. The first-order valence-corrected chi connectivity index (χ1v) is 6.69. The maximum Gasteiger partial charge on any atom is 0.416 e. The smallest absolute Gasteiger partial charge is 0.380 e. The van der Waals surface area contributed by atoms with Crippen molar-refractivity contribution in [3.63, 3.8) is 0 Å². The molecular formula is C13H12BrF3N2O. The van der Waals surface area contributed by atoms with Gasteiger partial charge in [0.25, 0.3) is 0 Å². The maximum atomic E-state index is 13.1. The summed E-state index contributed by atoms with van der Waals surface area (Å²) in [6.07, 6.45) is -2.89. The highest BCUT2D eigenvalue weighted by Crippen LogP contribution is 2.37. The summed E-state index contributed by atoms with van der Waals surface area (Å²) in [4.78, 5) is 3.94. The van der Waals surface area contributed by atoms with E-state index in [9.17, 15) is 18.3 Å². The molecule has 20 heavy (non-hydrogen) atoms. The van der Waals surface area contributed by atoms with Crippen LogP contribution in [0.5, 0.6) is 0 Å². The summed E-state index contributed by atoms with van der Waals surface area (Å²) in [5, 5.41) is 10.2. The van der Waals surface area contributed by atoms with Crippen LogP contribution in [0.15, 0.2) is 35.1 Å². The van der Waals surface area contributed by atoms with E-state index in [0.29, 0.717) is 11.0 Å². The van der Waals surface area contributed by atoms with Crippen LogP contribution >= 0.6 is 15.9 Å². The van der Waals surface area contributed by atoms with Gasteiger partial charge in [0.15, 0.2) is 0 Å². The first-order valence-electron chi connectivity index (χ1n) is 5.90. The number of alkyl halides is 3. The van der Waals surface area contributed by atoms with E-state index >= 15 is 0 Å². The van der Waals surface area contributed by atoms with E-state index in [1.165, 1.54) is 18.3 Å². The van der Waals surface area contributed by atoms with Crippen molar-refractivity contribution < 1.29 is 18.3 Å². The Labute approximate surface area is 122 Å². The van der Waals surface area contributed by atoms with Gasteiger partial charge in [0.05, 0.1) is 5.56 Å². The fourth-order valence-corrected chi connectivity index (χ4v) is 2.35. The number of nitrogens with zero attached hydrogens (tertiary/aromatic N) is 2. The van der Waals surface area contributed by atoms with Crippen LogP contribution in [-0.2, 0) is 12.7 Å². The highest BCUT2D eigenvalue weighted by Gasteiger charge is 2.36. The number of hydrogen-bond donors (Lipinski definition) is 1. The van der Waals surface area contributed by atoms with Crippen molar-refractivity contribution in [2.24, 2.45) is 0 Å². The Morgan fingerprint density at radius 3 is 2.70 bits per heavy atom. The van der Waals surface area contributed by atoms with Gasteiger partial charge < -0.3 is 9.67 Å². The van der Waals surface area contributed by atoms with Gasteiger partial charge in [-0.05, 0) is 19.1 Å². The van der Waals surface area contributed by atoms with Gasteiger partial charge in [-0.25, -0.2) is 4.98 Å². The van der Waals surface area contributed by atoms with Gasteiger partial charge in [-0.15, -0.1) is 0 Å². The average Bonchev–Trinajstić information content (AvgIpc) is 2.85. The molecule has 1 N–H and O–H groups in total. The number of aromatic nitrogens is 2. The molecule has 0 spiro atoms. The van der Waals surface area contributed by atoms with Crippen molar-refractivity contribution in [3.05, 3.63) is 52.0 Å². The van der Waals surface area contributed by atoms with Gasteiger partial charge in [-0.1, -0.05) is 22.0 Å². The second kappa shape index (κ2) is 5.57. The molecule has 1 unspecified atom stereocenters. The summed E-state index contributed by atoms with van der Waals surface area (Å²) in [5.74, 6) is 0.195. The molecule has 3 nitrogen and oxygen atoms in total. The second-order valence-corrected chi connectivity index (χ2v) is 5.12. The zero-order valence-corrected chi connectivity index (χ0v) is 12.1. The maximum absolute atomic E-state index is 13.1. The number of aliphatic hydroxyl groups excluding tert-OH is 1. The van der Waals surface area contributed by atoms with Crippen LogP contribution in [0.2, 0.25) is 0 Å². The Morgan fingerprint density at radius 2 is 2.10 bits per heavy atom. The number of imidazole rings is 1. The van der Waals surface area contributed by atoms with Crippen LogP contribution in [0.3, 0.4) is 0 Å². The standard InChI is InChI=1S/C13H12BrF3N2O/c1-2-19-6-5-18-12(19)11(20)9-4-3-8(14)7-10(9)13(15,16)17/h3-7,11,20H,2H2,1H3. The van der Waals surface area contributed by atoms with E-state index in [1.54, 1.807) is 10.8 Å². The van der Waals surface area contributed by atoms with Gasteiger partial charge in [0, 0.05) is 29.0 Å². The van der Waals surface area contributed by atoms with Crippen molar-refractivity contribution in [3.8, 4) is 0 Å². The van der Waals surface area contributed by atoms with E-state index in [1.807, 2.05) is 6.92 Å². The molecule has 2 rings (SSSR count). The second-order valence-electron chi connectivity index (χ2n) is 4.20. The molecule has 0 amide bonds. The zero-order chi connectivity index (χ0) is 14.9. The van der Waals surface area contributed by atoms with Crippen LogP contribution in [0.25, 0.3) is 0 Å².